The van der Waals surface area contributed by atoms with E-state index in [-0.39, 0.29) is 11.6 Å². The zero-order chi connectivity index (χ0) is 25.2. The molecule has 2 rings (SSSR count). The largest absolute Gasteiger partial charge is 0.405 e. The molecule has 0 radical (unpaired) electrons. The van der Waals surface area contributed by atoms with Gasteiger partial charge in [-0.05, 0) is 84.5 Å². The van der Waals surface area contributed by atoms with Gasteiger partial charge in [-0.15, -0.1) is 0 Å². The molecule has 0 heterocycles. The highest BCUT2D eigenvalue weighted by Crippen LogP contribution is 2.24. The number of hydrogen-bond acceptors (Lipinski definition) is 4. The van der Waals surface area contributed by atoms with Crippen LogP contribution < -0.4 is 0 Å². The summed E-state index contributed by atoms with van der Waals surface area (Å²) in [6.07, 6.45) is 0.729. The van der Waals surface area contributed by atoms with E-state index >= 15 is 0 Å². The normalized spacial score (nSPS) is 13.2. The van der Waals surface area contributed by atoms with Crippen LogP contribution in [0.2, 0.25) is 39.3 Å². The van der Waals surface area contributed by atoms with E-state index < -0.39 is 27.8 Å². The summed E-state index contributed by atoms with van der Waals surface area (Å²) in [6.45, 7) is 19.9. The highest BCUT2D eigenvalue weighted by atomic mass is 28.4. The van der Waals surface area contributed by atoms with Crippen LogP contribution in [-0.4, -0.2) is 39.4 Å². The topological polar surface area (TPSA) is 52.6 Å². The Balaban J connectivity index is 2.09. The molecule has 4 nitrogen and oxygen atoms in total. The second kappa shape index (κ2) is 9.78. The average molecular weight is 485 g/mol. The number of ketones is 2. The minimum atomic E-state index is -1.84. The van der Waals surface area contributed by atoms with Crippen molar-refractivity contribution in [3.63, 3.8) is 0 Å². The third-order valence-electron chi connectivity index (χ3n) is 5.06. The predicted octanol–water partition coefficient (Wildman–Crippen LogP) is 6.90. The van der Waals surface area contributed by atoms with Gasteiger partial charge in [0.2, 0.25) is 0 Å². The van der Waals surface area contributed by atoms with Crippen LogP contribution in [0, 0.1) is 0 Å². The Morgan fingerprint density at radius 3 is 1.12 bits per heavy atom. The highest BCUT2D eigenvalue weighted by molar-refractivity contribution is 6.70. The van der Waals surface area contributed by atoms with Crippen molar-refractivity contribution < 1.29 is 18.4 Å². The van der Waals surface area contributed by atoms with E-state index in [1.165, 1.54) is 0 Å². The highest BCUT2D eigenvalue weighted by Gasteiger charge is 2.35. The number of carbonyl (C=O) groups excluding carboxylic acids is 2. The Bertz CT molecular complexity index is 895. The van der Waals surface area contributed by atoms with E-state index in [9.17, 15) is 9.59 Å². The number of carbonyl (C=O) groups is 2. The zero-order valence-corrected chi connectivity index (χ0v) is 24.0. The van der Waals surface area contributed by atoms with Gasteiger partial charge in [0.15, 0.2) is 28.2 Å². The van der Waals surface area contributed by atoms with Gasteiger partial charge in [-0.25, -0.2) is 0 Å². The Kier molecular flexibility index (Phi) is 8.12. The van der Waals surface area contributed by atoms with Crippen LogP contribution in [0.25, 0.3) is 0 Å². The van der Waals surface area contributed by atoms with Crippen LogP contribution in [-0.2, 0) is 15.3 Å². The van der Waals surface area contributed by atoms with Gasteiger partial charge in [-0.3, -0.25) is 9.59 Å². The molecular weight excluding hydrogens is 444 g/mol. The number of benzene rings is 2. The van der Waals surface area contributed by atoms with Crippen LogP contribution in [0.15, 0.2) is 48.5 Å². The second-order valence-electron chi connectivity index (χ2n) is 11.7. The number of Topliss-reactive ketones (excluding diaryl/α,β-unsaturated/α-hetero) is 2. The Labute approximate surface area is 202 Å². The lowest BCUT2D eigenvalue weighted by molar-refractivity contribution is 0.0557. The molecule has 0 spiro atoms. The molecule has 0 saturated heterocycles. The number of rotatable bonds is 10. The van der Waals surface area contributed by atoms with Crippen molar-refractivity contribution in [3.8, 4) is 0 Å². The summed E-state index contributed by atoms with van der Waals surface area (Å²) in [5.41, 5.74) is 1.87. The second-order valence-corrected chi connectivity index (χ2v) is 20.5. The standard InChI is InChI=1S/C27H40O4Si2/c1-26(2,30-32(5,6)7)24(28)22-15-11-20(12-16-22)19-21-13-17-23(18-14-21)25(29)27(3,4)31-33(8,9)10/h11-18H,19H2,1-10H3. The summed E-state index contributed by atoms with van der Waals surface area (Å²) in [5, 5.41) is 0. The summed E-state index contributed by atoms with van der Waals surface area (Å²) < 4.78 is 12.2. The zero-order valence-electron chi connectivity index (χ0n) is 22.0. The molecule has 0 aliphatic carbocycles. The molecule has 0 fully saturated rings. The molecule has 0 aliphatic heterocycles. The average Bonchev–Trinajstić information content (AvgIpc) is 2.64. The molecule has 0 unspecified atom stereocenters. The van der Waals surface area contributed by atoms with Crippen LogP contribution >= 0.6 is 0 Å². The van der Waals surface area contributed by atoms with Crippen LogP contribution in [0.3, 0.4) is 0 Å². The monoisotopic (exact) mass is 484 g/mol. The lowest BCUT2D eigenvalue weighted by Crippen LogP contribution is -2.44. The lowest BCUT2D eigenvalue weighted by Gasteiger charge is -2.31. The SMILES string of the molecule is CC(C)(O[Si](C)(C)C)C(=O)c1ccc(Cc2ccc(C(=O)C(C)(C)O[Si](C)(C)C)cc2)cc1. The van der Waals surface area contributed by atoms with Crippen molar-refractivity contribution >= 4 is 28.2 Å². The van der Waals surface area contributed by atoms with Crippen molar-refractivity contribution in [2.45, 2.75) is 84.6 Å². The van der Waals surface area contributed by atoms with Crippen molar-refractivity contribution in [2.75, 3.05) is 0 Å². The molecule has 0 saturated carbocycles. The summed E-state index contributed by atoms with van der Waals surface area (Å²) in [6, 6.07) is 15.5. The third-order valence-corrected chi connectivity index (χ3v) is 7.30. The van der Waals surface area contributed by atoms with E-state index in [0.717, 1.165) is 17.5 Å². The number of hydrogen-bond donors (Lipinski definition) is 0. The summed E-state index contributed by atoms with van der Waals surface area (Å²) in [7, 11) is -3.68. The quantitative estimate of drug-likeness (QED) is 0.272. The molecule has 2 aromatic carbocycles. The van der Waals surface area contributed by atoms with Gasteiger partial charge in [-0.2, -0.15) is 0 Å². The minimum Gasteiger partial charge on any atom is -0.405 e. The van der Waals surface area contributed by atoms with E-state index in [1.54, 1.807) is 0 Å². The molecule has 0 aromatic heterocycles. The molecule has 0 aliphatic rings. The maximum atomic E-state index is 12.9. The first kappa shape index (κ1) is 27.4. The summed E-state index contributed by atoms with van der Waals surface area (Å²) in [5.74, 6) is 0.00461. The van der Waals surface area contributed by atoms with E-state index in [2.05, 4.69) is 39.3 Å². The maximum absolute atomic E-state index is 12.9. The van der Waals surface area contributed by atoms with Crippen LogP contribution in [0.1, 0.15) is 59.5 Å². The lowest BCUT2D eigenvalue weighted by atomic mass is 9.94. The Morgan fingerprint density at radius 1 is 0.606 bits per heavy atom. The fourth-order valence-corrected chi connectivity index (χ4v) is 7.35. The summed E-state index contributed by atoms with van der Waals surface area (Å²) in [4.78, 5) is 25.9. The van der Waals surface area contributed by atoms with Crippen molar-refractivity contribution in [1.82, 2.24) is 0 Å². The van der Waals surface area contributed by atoms with Gasteiger partial charge in [0.05, 0.1) is 0 Å². The van der Waals surface area contributed by atoms with Crippen LogP contribution in [0.4, 0.5) is 0 Å². The van der Waals surface area contributed by atoms with Crippen molar-refractivity contribution in [2.24, 2.45) is 0 Å². The smallest absolute Gasteiger partial charge is 0.192 e. The third kappa shape index (κ3) is 8.14. The van der Waals surface area contributed by atoms with Gasteiger partial charge in [0, 0.05) is 11.1 Å². The molecule has 33 heavy (non-hydrogen) atoms. The van der Waals surface area contributed by atoms with Crippen LogP contribution in [0.5, 0.6) is 0 Å². The molecule has 0 bridgehead atoms. The summed E-state index contributed by atoms with van der Waals surface area (Å²) >= 11 is 0. The minimum absolute atomic E-state index is 0.00231. The molecule has 2 aromatic rings. The van der Waals surface area contributed by atoms with Gasteiger partial charge in [0.1, 0.15) is 11.2 Å². The first-order valence-corrected chi connectivity index (χ1v) is 18.4. The van der Waals surface area contributed by atoms with E-state index in [4.69, 9.17) is 8.85 Å². The van der Waals surface area contributed by atoms with Gasteiger partial charge >= 0.3 is 0 Å². The van der Waals surface area contributed by atoms with Gasteiger partial charge in [0.25, 0.3) is 0 Å². The van der Waals surface area contributed by atoms with Gasteiger partial charge in [-0.1, -0.05) is 48.5 Å². The van der Waals surface area contributed by atoms with Crippen molar-refractivity contribution in [3.05, 3.63) is 70.8 Å². The van der Waals surface area contributed by atoms with Crippen molar-refractivity contribution in [1.29, 1.82) is 0 Å². The molecule has 0 N–H and O–H groups in total. The molecular formula is C27H40O4Si2. The predicted molar refractivity (Wildman–Crippen MR) is 141 cm³/mol. The van der Waals surface area contributed by atoms with E-state index in [1.807, 2.05) is 76.2 Å². The molecule has 0 amide bonds. The van der Waals surface area contributed by atoms with E-state index in [0.29, 0.717) is 11.1 Å². The Morgan fingerprint density at radius 2 is 0.879 bits per heavy atom. The maximum Gasteiger partial charge on any atom is 0.192 e. The fourth-order valence-electron chi connectivity index (χ4n) is 4.10. The first-order chi connectivity index (χ1) is 14.9. The first-order valence-electron chi connectivity index (χ1n) is 11.6. The molecule has 6 heteroatoms. The Hall–Kier alpha value is -1.87. The molecule has 0 atom stereocenters. The molecule has 180 valence electrons. The van der Waals surface area contributed by atoms with Gasteiger partial charge < -0.3 is 8.85 Å². The fraction of sp³-hybridized carbons (Fsp3) is 0.481.